The lowest BCUT2D eigenvalue weighted by molar-refractivity contribution is 0.0767. The summed E-state index contributed by atoms with van der Waals surface area (Å²) in [7, 11) is 1.66. The van der Waals surface area contributed by atoms with Crippen LogP contribution in [0.4, 0.5) is 10.5 Å². The number of amides is 1. The third kappa shape index (κ3) is 5.61. The van der Waals surface area contributed by atoms with Crippen molar-refractivity contribution >= 4 is 11.8 Å². The van der Waals surface area contributed by atoms with Gasteiger partial charge in [0, 0.05) is 5.69 Å². The minimum Gasteiger partial charge on any atom is -0.497 e. The molecule has 0 heterocycles. The van der Waals surface area contributed by atoms with E-state index < -0.39 is 6.09 Å². The first-order valence-electron chi connectivity index (χ1n) is 8.24. The molecule has 0 radical (unpaired) electrons. The first-order valence-corrected chi connectivity index (χ1v) is 8.24. The monoisotopic (exact) mass is 327 g/mol. The Morgan fingerprint density at radius 3 is 2.29 bits per heavy atom. The Hall–Kier alpha value is -2.49. The molecular weight excluding hydrogens is 302 g/mol. The van der Waals surface area contributed by atoms with Crippen LogP contribution in [0.1, 0.15) is 25.8 Å². The standard InChI is InChI=1S/C20H25NO3/c1-15(2)19(14-11-16-9-12-18(23-3)13-10-16)24-20(22)21-17-7-5-4-6-8-17/h4-10,12-13,15,19H,11,14H2,1-3H3,(H,21,22). The largest absolute Gasteiger partial charge is 0.497 e. The van der Waals surface area contributed by atoms with Crippen molar-refractivity contribution in [2.75, 3.05) is 12.4 Å². The molecule has 0 aliphatic carbocycles. The lowest BCUT2D eigenvalue weighted by Gasteiger charge is -2.21. The molecule has 2 aromatic carbocycles. The van der Waals surface area contributed by atoms with Gasteiger partial charge in [-0.15, -0.1) is 0 Å². The molecule has 0 aliphatic heterocycles. The number of rotatable bonds is 7. The maximum atomic E-state index is 12.1. The van der Waals surface area contributed by atoms with Crippen LogP contribution in [0.15, 0.2) is 54.6 Å². The van der Waals surface area contributed by atoms with Crippen LogP contribution in [0.25, 0.3) is 0 Å². The van der Waals surface area contributed by atoms with Gasteiger partial charge in [-0.2, -0.15) is 0 Å². The number of hydrogen-bond acceptors (Lipinski definition) is 3. The van der Waals surface area contributed by atoms with Crippen LogP contribution in [-0.2, 0) is 11.2 Å². The molecule has 0 bridgehead atoms. The summed E-state index contributed by atoms with van der Waals surface area (Å²) in [5, 5.41) is 2.76. The molecule has 0 fully saturated rings. The van der Waals surface area contributed by atoms with Gasteiger partial charge in [0.1, 0.15) is 11.9 Å². The van der Waals surface area contributed by atoms with Crippen molar-refractivity contribution in [2.45, 2.75) is 32.8 Å². The number of ether oxygens (including phenoxy) is 2. The second-order valence-corrected chi connectivity index (χ2v) is 6.07. The first kappa shape index (κ1) is 17.9. The van der Waals surface area contributed by atoms with Crippen LogP contribution in [0.2, 0.25) is 0 Å². The summed E-state index contributed by atoms with van der Waals surface area (Å²) < 4.78 is 10.8. The number of carbonyl (C=O) groups excluding carboxylic acids is 1. The Morgan fingerprint density at radius 2 is 1.71 bits per heavy atom. The van der Waals surface area contributed by atoms with Gasteiger partial charge in [0.15, 0.2) is 0 Å². The molecule has 1 amide bonds. The molecule has 2 rings (SSSR count). The van der Waals surface area contributed by atoms with Crippen LogP contribution < -0.4 is 10.1 Å². The highest BCUT2D eigenvalue weighted by Crippen LogP contribution is 2.18. The SMILES string of the molecule is COc1ccc(CCC(OC(=O)Nc2ccccc2)C(C)C)cc1. The van der Waals surface area contributed by atoms with Gasteiger partial charge in [-0.1, -0.05) is 44.2 Å². The maximum Gasteiger partial charge on any atom is 0.411 e. The number of nitrogens with one attached hydrogen (secondary N) is 1. The van der Waals surface area contributed by atoms with Crippen molar-refractivity contribution in [1.29, 1.82) is 0 Å². The van der Waals surface area contributed by atoms with E-state index in [1.54, 1.807) is 7.11 Å². The van der Waals surface area contributed by atoms with Gasteiger partial charge >= 0.3 is 6.09 Å². The second-order valence-electron chi connectivity index (χ2n) is 6.07. The Balaban J connectivity index is 1.87. The average Bonchev–Trinajstić information content (AvgIpc) is 2.59. The summed E-state index contributed by atoms with van der Waals surface area (Å²) in [4.78, 5) is 12.1. The van der Waals surface area contributed by atoms with E-state index in [1.807, 2.05) is 54.6 Å². The predicted molar refractivity (Wildman–Crippen MR) is 96.5 cm³/mol. The molecule has 0 saturated heterocycles. The van der Waals surface area contributed by atoms with Gasteiger partial charge in [0.2, 0.25) is 0 Å². The highest BCUT2D eigenvalue weighted by molar-refractivity contribution is 5.84. The minimum absolute atomic E-state index is 0.129. The summed E-state index contributed by atoms with van der Waals surface area (Å²) in [6, 6.07) is 17.3. The van der Waals surface area contributed by atoms with Crippen molar-refractivity contribution in [2.24, 2.45) is 5.92 Å². The summed E-state index contributed by atoms with van der Waals surface area (Å²) >= 11 is 0. The highest BCUT2D eigenvalue weighted by Gasteiger charge is 2.18. The number of aryl methyl sites for hydroxylation is 1. The summed E-state index contributed by atoms with van der Waals surface area (Å²) in [5.74, 6) is 1.10. The maximum absolute atomic E-state index is 12.1. The Labute approximate surface area is 143 Å². The smallest absolute Gasteiger partial charge is 0.411 e. The highest BCUT2D eigenvalue weighted by atomic mass is 16.6. The minimum atomic E-state index is -0.408. The first-order chi connectivity index (χ1) is 11.6. The molecule has 4 heteroatoms. The van der Waals surface area contributed by atoms with E-state index >= 15 is 0 Å². The predicted octanol–water partition coefficient (Wildman–Crippen LogP) is 4.90. The lowest BCUT2D eigenvalue weighted by Crippen LogP contribution is -2.27. The zero-order chi connectivity index (χ0) is 17.4. The van der Waals surface area contributed by atoms with E-state index in [0.29, 0.717) is 0 Å². The Morgan fingerprint density at radius 1 is 1.04 bits per heavy atom. The van der Waals surface area contributed by atoms with Crippen molar-refractivity contribution < 1.29 is 14.3 Å². The number of carbonyl (C=O) groups is 1. The topological polar surface area (TPSA) is 47.6 Å². The molecule has 1 unspecified atom stereocenters. The number of anilines is 1. The Kier molecular flexibility index (Phi) is 6.67. The molecule has 0 saturated carbocycles. The number of methoxy groups -OCH3 is 1. The van der Waals surface area contributed by atoms with Gasteiger partial charge in [-0.3, -0.25) is 5.32 Å². The summed E-state index contributed by atoms with van der Waals surface area (Å²) in [6.45, 7) is 4.13. The fraction of sp³-hybridized carbons (Fsp3) is 0.350. The van der Waals surface area contributed by atoms with E-state index in [2.05, 4.69) is 19.2 Å². The molecule has 1 atom stereocenters. The molecule has 4 nitrogen and oxygen atoms in total. The molecule has 128 valence electrons. The van der Waals surface area contributed by atoms with Gasteiger partial charge in [0.25, 0.3) is 0 Å². The second kappa shape index (κ2) is 8.96. The molecule has 1 N–H and O–H groups in total. The van der Waals surface area contributed by atoms with Crippen LogP contribution in [0.3, 0.4) is 0 Å². The average molecular weight is 327 g/mol. The lowest BCUT2D eigenvalue weighted by atomic mass is 9.99. The van der Waals surface area contributed by atoms with Gasteiger partial charge in [-0.25, -0.2) is 4.79 Å². The molecule has 24 heavy (non-hydrogen) atoms. The zero-order valence-corrected chi connectivity index (χ0v) is 14.5. The number of para-hydroxylation sites is 1. The number of benzene rings is 2. The molecule has 2 aromatic rings. The Bertz CT molecular complexity index is 623. The fourth-order valence-corrected chi connectivity index (χ4v) is 2.44. The summed E-state index contributed by atoms with van der Waals surface area (Å²) in [5.41, 5.74) is 1.94. The molecule has 0 spiro atoms. The van der Waals surface area contributed by atoms with Crippen molar-refractivity contribution in [3.63, 3.8) is 0 Å². The normalized spacial score (nSPS) is 11.8. The van der Waals surface area contributed by atoms with E-state index in [-0.39, 0.29) is 12.0 Å². The summed E-state index contributed by atoms with van der Waals surface area (Å²) in [6.07, 6.45) is 1.10. The van der Waals surface area contributed by atoms with E-state index in [0.717, 1.165) is 24.3 Å². The fourth-order valence-electron chi connectivity index (χ4n) is 2.44. The van der Waals surface area contributed by atoms with Crippen LogP contribution >= 0.6 is 0 Å². The zero-order valence-electron chi connectivity index (χ0n) is 14.5. The van der Waals surface area contributed by atoms with E-state index in [9.17, 15) is 4.79 Å². The van der Waals surface area contributed by atoms with Crippen molar-refractivity contribution in [3.05, 3.63) is 60.2 Å². The van der Waals surface area contributed by atoms with Crippen molar-refractivity contribution in [3.8, 4) is 5.75 Å². The van der Waals surface area contributed by atoms with Crippen molar-refractivity contribution in [1.82, 2.24) is 0 Å². The quantitative estimate of drug-likeness (QED) is 0.786. The van der Waals surface area contributed by atoms with Crippen LogP contribution in [0, 0.1) is 5.92 Å². The number of hydrogen-bond donors (Lipinski definition) is 1. The van der Waals surface area contributed by atoms with E-state index in [1.165, 1.54) is 5.56 Å². The van der Waals surface area contributed by atoms with Gasteiger partial charge < -0.3 is 9.47 Å². The third-order valence-corrected chi connectivity index (χ3v) is 3.90. The van der Waals surface area contributed by atoms with Crippen LogP contribution in [-0.4, -0.2) is 19.3 Å². The third-order valence-electron chi connectivity index (χ3n) is 3.90. The van der Waals surface area contributed by atoms with Gasteiger partial charge in [0.05, 0.1) is 7.11 Å². The molecular formula is C20H25NO3. The molecule has 0 aliphatic rings. The molecule has 0 aromatic heterocycles. The van der Waals surface area contributed by atoms with E-state index in [4.69, 9.17) is 9.47 Å². The van der Waals surface area contributed by atoms with Gasteiger partial charge in [-0.05, 0) is 48.6 Å². The van der Waals surface area contributed by atoms with Crippen LogP contribution in [0.5, 0.6) is 5.75 Å².